The van der Waals surface area contributed by atoms with Gasteiger partial charge in [0, 0.05) is 30.9 Å². The topological polar surface area (TPSA) is 61.8 Å². The van der Waals surface area contributed by atoms with Crippen LogP contribution in [0.5, 0.6) is 5.75 Å². The predicted octanol–water partition coefficient (Wildman–Crippen LogP) is 3.81. The van der Waals surface area contributed by atoms with Crippen LogP contribution in [0.4, 0.5) is 10.5 Å². The van der Waals surface area contributed by atoms with Gasteiger partial charge >= 0.3 is 6.03 Å². The lowest BCUT2D eigenvalue weighted by molar-refractivity contribution is 0.169. The zero-order chi connectivity index (χ0) is 18.2. The summed E-state index contributed by atoms with van der Waals surface area (Å²) in [5.74, 6) is 0.693. The van der Waals surface area contributed by atoms with E-state index in [0.29, 0.717) is 18.7 Å². The summed E-state index contributed by atoms with van der Waals surface area (Å²) in [6, 6.07) is 15.1. The average Bonchev–Trinajstić information content (AvgIpc) is 2.62. The molecule has 0 aliphatic heterocycles. The monoisotopic (exact) mass is 342 g/mol. The molecule has 0 aliphatic rings. The molecule has 0 saturated heterocycles. The van der Waals surface area contributed by atoms with Gasteiger partial charge in [-0.25, -0.2) is 4.79 Å². The van der Waals surface area contributed by atoms with Crippen LogP contribution in [0.15, 0.2) is 48.5 Å². The van der Waals surface area contributed by atoms with Crippen LogP contribution in [0, 0.1) is 6.92 Å². The zero-order valence-electron chi connectivity index (χ0n) is 15.0. The van der Waals surface area contributed by atoms with Crippen LogP contribution in [-0.4, -0.2) is 35.8 Å². The Morgan fingerprint density at radius 3 is 2.60 bits per heavy atom. The fourth-order valence-corrected chi connectivity index (χ4v) is 2.60. The molecule has 0 radical (unpaired) electrons. The molecule has 2 rings (SSSR count). The highest BCUT2D eigenvalue weighted by Gasteiger charge is 2.21. The fraction of sp³-hybridized carbons (Fsp3) is 0.350. The smallest absolute Gasteiger partial charge is 0.322 e. The molecule has 0 fully saturated rings. The quantitative estimate of drug-likeness (QED) is 0.804. The minimum Gasteiger partial charge on any atom is -0.497 e. The molecule has 0 heterocycles. The van der Waals surface area contributed by atoms with Crippen LogP contribution < -0.4 is 10.1 Å². The van der Waals surface area contributed by atoms with Gasteiger partial charge in [-0.15, -0.1) is 0 Å². The molecular formula is C20H26N2O3. The number of ether oxygens (including phenoxy) is 1. The lowest BCUT2D eigenvalue weighted by atomic mass is 10.1. The summed E-state index contributed by atoms with van der Waals surface area (Å²) in [6.45, 7) is 4.40. The van der Waals surface area contributed by atoms with Crippen molar-refractivity contribution in [3.8, 4) is 5.75 Å². The second-order valence-electron chi connectivity index (χ2n) is 6.09. The normalized spacial score (nSPS) is 11.7. The van der Waals surface area contributed by atoms with Gasteiger partial charge < -0.3 is 20.1 Å². The highest BCUT2D eigenvalue weighted by molar-refractivity contribution is 5.90. The summed E-state index contributed by atoms with van der Waals surface area (Å²) in [7, 11) is 1.60. The number of hydrogen-bond acceptors (Lipinski definition) is 3. The van der Waals surface area contributed by atoms with Gasteiger partial charge in [0.2, 0.25) is 0 Å². The Labute approximate surface area is 149 Å². The number of hydrogen-bond donors (Lipinski definition) is 2. The lowest BCUT2D eigenvalue weighted by Gasteiger charge is -2.29. The number of aryl methyl sites for hydroxylation is 1. The standard InChI is InChI=1S/C20H26N2O3/c1-15-9-10-18(25-3)13-19(15)21-20(24)22(16(2)11-12-23)14-17-7-5-4-6-8-17/h4-10,13,16,23H,11-12,14H2,1-3H3,(H,21,24). The molecule has 2 amide bonds. The SMILES string of the molecule is COc1ccc(C)c(NC(=O)N(Cc2ccccc2)C(C)CCO)c1. The van der Waals surface area contributed by atoms with E-state index in [9.17, 15) is 9.90 Å². The van der Waals surface area contributed by atoms with E-state index in [1.165, 1.54) is 0 Å². The van der Waals surface area contributed by atoms with Gasteiger partial charge in [-0.2, -0.15) is 0 Å². The van der Waals surface area contributed by atoms with Gasteiger partial charge in [0.25, 0.3) is 0 Å². The summed E-state index contributed by atoms with van der Waals surface area (Å²) in [4.78, 5) is 14.6. The minimum absolute atomic E-state index is 0.0396. The molecule has 1 atom stereocenters. The number of nitrogens with zero attached hydrogens (tertiary/aromatic N) is 1. The van der Waals surface area contributed by atoms with Crippen molar-refractivity contribution >= 4 is 11.7 Å². The van der Waals surface area contributed by atoms with Crippen LogP contribution >= 0.6 is 0 Å². The van der Waals surface area contributed by atoms with Crippen LogP contribution in [0.2, 0.25) is 0 Å². The van der Waals surface area contributed by atoms with E-state index in [2.05, 4.69) is 5.32 Å². The third-order valence-electron chi connectivity index (χ3n) is 4.22. The average molecular weight is 342 g/mol. The van der Waals surface area contributed by atoms with Crippen molar-refractivity contribution in [2.75, 3.05) is 19.0 Å². The Morgan fingerprint density at radius 2 is 1.96 bits per heavy atom. The number of aliphatic hydroxyl groups is 1. The molecule has 0 aromatic heterocycles. The first-order chi connectivity index (χ1) is 12.0. The molecule has 0 saturated carbocycles. The molecule has 0 bridgehead atoms. The number of anilines is 1. The molecule has 1 unspecified atom stereocenters. The van der Waals surface area contributed by atoms with E-state index in [1.54, 1.807) is 12.0 Å². The van der Waals surface area contributed by atoms with Crippen molar-refractivity contribution in [2.24, 2.45) is 0 Å². The Bertz CT molecular complexity index is 689. The molecule has 5 nitrogen and oxygen atoms in total. The maximum Gasteiger partial charge on any atom is 0.322 e. The van der Waals surface area contributed by atoms with E-state index in [-0.39, 0.29) is 18.7 Å². The second kappa shape index (κ2) is 9.08. The number of aliphatic hydroxyl groups excluding tert-OH is 1. The van der Waals surface area contributed by atoms with Gasteiger partial charge in [0.05, 0.1) is 7.11 Å². The first-order valence-corrected chi connectivity index (χ1v) is 8.42. The first kappa shape index (κ1) is 18.8. The number of methoxy groups -OCH3 is 1. The Kier molecular flexibility index (Phi) is 6.83. The zero-order valence-corrected chi connectivity index (χ0v) is 15.0. The molecule has 25 heavy (non-hydrogen) atoms. The van der Waals surface area contributed by atoms with Crippen molar-refractivity contribution in [1.82, 2.24) is 4.90 Å². The summed E-state index contributed by atoms with van der Waals surface area (Å²) in [5.41, 5.74) is 2.73. The third kappa shape index (κ3) is 5.22. The Morgan fingerprint density at radius 1 is 1.24 bits per heavy atom. The third-order valence-corrected chi connectivity index (χ3v) is 4.22. The fourth-order valence-electron chi connectivity index (χ4n) is 2.60. The van der Waals surface area contributed by atoms with E-state index in [1.807, 2.05) is 62.4 Å². The van der Waals surface area contributed by atoms with Gasteiger partial charge in [0.15, 0.2) is 0 Å². The van der Waals surface area contributed by atoms with Crippen LogP contribution in [0.25, 0.3) is 0 Å². The number of urea groups is 1. The lowest BCUT2D eigenvalue weighted by Crippen LogP contribution is -2.41. The Balaban J connectivity index is 2.19. The van der Waals surface area contributed by atoms with Crippen LogP contribution in [-0.2, 0) is 6.54 Å². The molecule has 2 aromatic rings. The molecule has 0 aliphatic carbocycles. The molecule has 5 heteroatoms. The van der Waals surface area contributed by atoms with E-state index in [4.69, 9.17) is 4.74 Å². The number of nitrogens with one attached hydrogen (secondary N) is 1. The number of carbonyl (C=O) groups is 1. The van der Waals surface area contributed by atoms with Gasteiger partial charge in [-0.05, 0) is 37.5 Å². The minimum atomic E-state index is -0.193. The molecule has 0 spiro atoms. The summed E-state index contributed by atoms with van der Waals surface area (Å²) >= 11 is 0. The van der Waals surface area contributed by atoms with Crippen molar-refractivity contribution in [2.45, 2.75) is 32.9 Å². The number of carbonyl (C=O) groups excluding carboxylic acids is 1. The van der Waals surface area contributed by atoms with E-state index in [0.717, 1.165) is 16.8 Å². The highest BCUT2D eigenvalue weighted by atomic mass is 16.5. The van der Waals surface area contributed by atoms with E-state index < -0.39 is 0 Å². The van der Waals surface area contributed by atoms with Crippen molar-refractivity contribution < 1.29 is 14.6 Å². The predicted molar refractivity (Wildman–Crippen MR) is 99.9 cm³/mol. The highest BCUT2D eigenvalue weighted by Crippen LogP contribution is 2.23. The molecular weight excluding hydrogens is 316 g/mol. The van der Waals surface area contributed by atoms with Crippen LogP contribution in [0.1, 0.15) is 24.5 Å². The maximum atomic E-state index is 12.9. The number of amides is 2. The summed E-state index contributed by atoms with van der Waals surface area (Å²) < 4.78 is 5.24. The summed E-state index contributed by atoms with van der Waals surface area (Å²) in [5, 5.41) is 12.2. The van der Waals surface area contributed by atoms with Crippen LogP contribution in [0.3, 0.4) is 0 Å². The number of benzene rings is 2. The van der Waals surface area contributed by atoms with Crippen molar-refractivity contribution in [3.63, 3.8) is 0 Å². The van der Waals surface area contributed by atoms with Gasteiger partial charge in [-0.3, -0.25) is 0 Å². The number of rotatable bonds is 7. The van der Waals surface area contributed by atoms with Gasteiger partial charge in [0.1, 0.15) is 5.75 Å². The second-order valence-corrected chi connectivity index (χ2v) is 6.09. The Hall–Kier alpha value is -2.53. The molecule has 134 valence electrons. The van der Waals surface area contributed by atoms with E-state index >= 15 is 0 Å². The van der Waals surface area contributed by atoms with Gasteiger partial charge in [-0.1, -0.05) is 36.4 Å². The largest absolute Gasteiger partial charge is 0.497 e. The van der Waals surface area contributed by atoms with Crippen molar-refractivity contribution in [1.29, 1.82) is 0 Å². The maximum absolute atomic E-state index is 12.9. The molecule has 2 aromatic carbocycles. The first-order valence-electron chi connectivity index (χ1n) is 8.42. The summed E-state index contributed by atoms with van der Waals surface area (Å²) in [6.07, 6.45) is 0.525. The molecule has 2 N–H and O–H groups in total. The van der Waals surface area contributed by atoms with Crippen molar-refractivity contribution in [3.05, 3.63) is 59.7 Å².